The number of aliphatic imine (C=N–C) groups is 1. The van der Waals surface area contributed by atoms with Gasteiger partial charge >= 0.3 is 0 Å². The van der Waals surface area contributed by atoms with Crippen molar-refractivity contribution in [1.82, 2.24) is 52.3 Å². The van der Waals surface area contributed by atoms with E-state index in [-0.39, 0.29) is 83.0 Å². The Labute approximate surface area is 558 Å². The maximum Gasteiger partial charge on any atom is 0.245 e. The van der Waals surface area contributed by atoms with Crippen LogP contribution in [0.2, 0.25) is 0 Å². The molecule has 0 bridgehead atoms. The van der Waals surface area contributed by atoms with Crippen LogP contribution in [0.25, 0.3) is 0 Å². The number of hydrogen-bond acceptors (Lipinski definition) is 17. The second-order valence-corrected chi connectivity index (χ2v) is 25.1. The Morgan fingerprint density at radius 3 is 1.51 bits per heavy atom. The van der Waals surface area contributed by atoms with Gasteiger partial charge in [-0.15, -0.1) is 0 Å². The number of nitrogens with two attached hydrogens (primary N) is 7. The van der Waals surface area contributed by atoms with E-state index in [4.69, 9.17) is 40.1 Å². The molecule has 95 heavy (non-hydrogen) atoms. The highest BCUT2D eigenvalue weighted by atomic mass is 32.2. The van der Waals surface area contributed by atoms with E-state index in [1.54, 1.807) is 60.7 Å². The lowest BCUT2D eigenvalue weighted by atomic mass is 10.0. The first kappa shape index (κ1) is 78.5. The molecule has 22 N–H and O–H groups in total. The van der Waals surface area contributed by atoms with Gasteiger partial charge < -0.3 is 92.5 Å². The first-order chi connectivity index (χ1) is 45.2. The number of carbonyl (C=O) groups is 13. The Morgan fingerprint density at radius 2 is 1.01 bits per heavy atom. The largest absolute Gasteiger partial charge is 0.370 e. The monoisotopic (exact) mass is 1350 g/mol. The SMILES string of the molecule is CSCC[C@H](NC(=O)[C@@H](CC(C)C)NC(=O)CNC(=O)[C@@H](Cc1ccccc1)NC(=O)[C@H](Cc1ccccc1)NC(=O)[C@H](CCC(N)=O)NC(=O)[C@@H](CCC(N)=O)NC(=O)[C@@H]1CCCN1C(=O)[C@H](CCCCN)NC(=O)[C@@H]1CCCN1C(=O)[C@@H](N)CCCN=C(N)N)C(N)=O. The summed E-state index contributed by atoms with van der Waals surface area (Å²) in [5.74, 6) is -9.80. The van der Waals surface area contributed by atoms with E-state index in [1.807, 2.05) is 20.1 Å². The minimum absolute atomic E-state index is 0.0736. The smallest absolute Gasteiger partial charge is 0.245 e. The van der Waals surface area contributed by atoms with Crippen molar-refractivity contribution in [2.24, 2.45) is 51.0 Å². The highest BCUT2D eigenvalue weighted by molar-refractivity contribution is 7.98. The fourth-order valence-electron chi connectivity index (χ4n) is 11.0. The second kappa shape index (κ2) is 41.0. The van der Waals surface area contributed by atoms with Crippen molar-refractivity contribution in [3.05, 3.63) is 71.8 Å². The molecule has 0 unspecified atom stereocenters. The van der Waals surface area contributed by atoms with Crippen molar-refractivity contribution in [2.45, 2.75) is 183 Å². The number of likely N-dealkylation sites (tertiary alicyclic amines) is 2. The van der Waals surface area contributed by atoms with Crippen LogP contribution in [0.3, 0.4) is 0 Å². The molecule has 4 rings (SSSR count). The summed E-state index contributed by atoms with van der Waals surface area (Å²) in [6.07, 6.45) is 3.12. The summed E-state index contributed by atoms with van der Waals surface area (Å²) in [6.45, 7) is 3.86. The number of amides is 13. The molecule has 2 heterocycles. The van der Waals surface area contributed by atoms with Gasteiger partial charge in [0.1, 0.15) is 54.4 Å². The van der Waals surface area contributed by atoms with E-state index in [0.29, 0.717) is 55.4 Å². The van der Waals surface area contributed by atoms with E-state index >= 15 is 0 Å². The number of nitrogens with one attached hydrogen (secondary N) is 8. The van der Waals surface area contributed by atoms with Crippen molar-refractivity contribution < 1.29 is 62.3 Å². The van der Waals surface area contributed by atoms with Crippen LogP contribution in [-0.2, 0) is 75.2 Å². The van der Waals surface area contributed by atoms with Gasteiger partial charge in [-0.2, -0.15) is 11.8 Å². The Balaban J connectivity index is 1.56. The predicted octanol–water partition coefficient (Wildman–Crippen LogP) is -3.71. The lowest BCUT2D eigenvalue weighted by Gasteiger charge is -2.32. The van der Waals surface area contributed by atoms with Gasteiger partial charge in [-0.1, -0.05) is 74.5 Å². The van der Waals surface area contributed by atoms with Gasteiger partial charge in [0.15, 0.2) is 5.96 Å². The summed E-state index contributed by atoms with van der Waals surface area (Å²) in [5.41, 5.74) is 40.6. The highest BCUT2D eigenvalue weighted by Crippen LogP contribution is 2.24. The molecule has 0 aromatic heterocycles. The lowest BCUT2D eigenvalue weighted by molar-refractivity contribution is -0.144. The van der Waals surface area contributed by atoms with Crippen LogP contribution in [0, 0.1) is 5.92 Å². The van der Waals surface area contributed by atoms with Crippen molar-refractivity contribution in [2.75, 3.05) is 44.7 Å². The molecule has 0 radical (unpaired) electrons. The maximum absolute atomic E-state index is 14.7. The first-order valence-corrected chi connectivity index (χ1v) is 33.6. The van der Waals surface area contributed by atoms with E-state index in [2.05, 4.69) is 47.5 Å². The zero-order chi connectivity index (χ0) is 70.1. The topological polar surface area (TPSA) is 519 Å². The van der Waals surface area contributed by atoms with Gasteiger partial charge in [0.25, 0.3) is 0 Å². The molecule has 524 valence electrons. The summed E-state index contributed by atoms with van der Waals surface area (Å²) < 4.78 is 0. The van der Waals surface area contributed by atoms with Crippen molar-refractivity contribution in [3.63, 3.8) is 0 Å². The summed E-state index contributed by atoms with van der Waals surface area (Å²) in [4.78, 5) is 185. The third kappa shape index (κ3) is 27.5. The Kier molecular flexibility index (Phi) is 33.9. The Bertz CT molecular complexity index is 2960. The first-order valence-electron chi connectivity index (χ1n) is 32.2. The number of hydrogen-bond donors (Lipinski definition) is 15. The molecule has 2 aromatic rings. The van der Waals surface area contributed by atoms with Gasteiger partial charge in [0, 0.05) is 45.3 Å². The summed E-state index contributed by atoms with van der Waals surface area (Å²) >= 11 is 1.45. The maximum atomic E-state index is 14.7. The van der Waals surface area contributed by atoms with Crippen molar-refractivity contribution in [1.29, 1.82) is 0 Å². The third-order valence-electron chi connectivity index (χ3n) is 16.0. The van der Waals surface area contributed by atoms with Crippen LogP contribution in [-0.4, -0.2) is 198 Å². The number of guanidine groups is 1. The number of benzene rings is 2. The van der Waals surface area contributed by atoms with Gasteiger partial charge in [0.05, 0.1) is 12.6 Å². The molecule has 2 aliphatic rings. The molecule has 0 aliphatic carbocycles. The number of thioether (sulfide) groups is 1. The fourth-order valence-corrected chi connectivity index (χ4v) is 11.5. The molecule has 32 heteroatoms. The van der Waals surface area contributed by atoms with Crippen LogP contribution in [0.5, 0.6) is 0 Å². The Morgan fingerprint density at radius 1 is 0.537 bits per heavy atom. The van der Waals surface area contributed by atoms with Gasteiger partial charge in [-0.25, -0.2) is 0 Å². The summed E-state index contributed by atoms with van der Waals surface area (Å²) in [6, 6.07) is 4.51. The van der Waals surface area contributed by atoms with E-state index in [1.165, 1.54) is 21.6 Å². The number of primary amides is 3. The lowest BCUT2D eigenvalue weighted by Crippen LogP contribution is -2.60. The molecule has 2 fully saturated rings. The molecule has 0 saturated carbocycles. The molecular weight excluding hydrogens is 1250 g/mol. The normalized spacial score (nSPS) is 16.8. The molecule has 2 saturated heterocycles. The standard InChI is InChI=1S/C63H98N18O13S/c1-37(2)33-45(57(89)74-41(53(68)85)27-32-95-3)73-52(84)36-72-54(86)46(34-38-15-6-4-7-16-38)78-58(90)47(35-39-17-8-5-9-18-39)79-56(88)42(23-25-50(66)82)75-55(87)43(24-26-51(67)83)76-59(91)49-22-14-31-81(49)62(94)44(20-10-11-28-64)77-60(92)48-21-13-30-80(48)61(93)40(65)19-12-29-71-63(69)70/h4-9,15-18,37,40-49H,10-14,19-36,64-65H2,1-3H3,(H2,66,82)(H2,67,83)(H2,68,85)(H,72,86)(H,73,84)(H,74,89)(H,75,87)(H,76,91)(H,77,92)(H,78,90)(H,79,88)(H4,69,70,71)/t40-,41-,42-,43+,44-,45+,46+,47-,48-,49-/m0/s1. The number of unbranched alkanes of at least 4 members (excludes halogenated alkanes) is 1. The van der Waals surface area contributed by atoms with Crippen LogP contribution >= 0.6 is 11.8 Å². The number of rotatable bonds is 42. The zero-order valence-electron chi connectivity index (χ0n) is 54.5. The van der Waals surface area contributed by atoms with Crippen LogP contribution in [0.1, 0.15) is 121 Å². The van der Waals surface area contributed by atoms with Crippen LogP contribution in [0.4, 0.5) is 0 Å². The molecular formula is C63H98N18O13S. The van der Waals surface area contributed by atoms with E-state index < -0.39 is 169 Å². The van der Waals surface area contributed by atoms with Gasteiger partial charge in [-0.05, 0) is 119 Å². The van der Waals surface area contributed by atoms with Crippen LogP contribution in [0.15, 0.2) is 65.7 Å². The van der Waals surface area contributed by atoms with Crippen molar-refractivity contribution >= 4 is 94.5 Å². The second-order valence-electron chi connectivity index (χ2n) is 24.1. The number of carbonyl (C=O) groups excluding carboxylic acids is 13. The molecule has 10 atom stereocenters. The third-order valence-corrected chi connectivity index (χ3v) is 16.7. The van der Waals surface area contributed by atoms with Crippen LogP contribution < -0.4 is 82.7 Å². The molecule has 31 nitrogen and oxygen atoms in total. The summed E-state index contributed by atoms with van der Waals surface area (Å²) in [5, 5.41) is 21.1. The van der Waals surface area contributed by atoms with E-state index in [9.17, 15) is 62.3 Å². The Hall–Kier alpha value is -8.91. The van der Waals surface area contributed by atoms with Gasteiger partial charge in [-0.3, -0.25) is 67.3 Å². The van der Waals surface area contributed by atoms with Gasteiger partial charge in [0.2, 0.25) is 76.8 Å². The van der Waals surface area contributed by atoms with E-state index in [0.717, 1.165) is 0 Å². The van der Waals surface area contributed by atoms with Crippen molar-refractivity contribution in [3.8, 4) is 0 Å². The average Bonchev–Trinajstić information content (AvgIpc) is 1.74. The summed E-state index contributed by atoms with van der Waals surface area (Å²) in [7, 11) is 0. The zero-order valence-corrected chi connectivity index (χ0v) is 55.3. The fraction of sp³-hybridized carbons (Fsp3) is 0.587. The predicted molar refractivity (Wildman–Crippen MR) is 356 cm³/mol. The molecule has 2 aliphatic heterocycles. The molecule has 13 amide bonds. The highest BCUT2D eigenvalue weighted by Gasteiger charge is 2.42. The minimum atomic E-state index is -1.64. The number of nitrogens with zero attached hydrogens (tertiary/aromatic N) is 3. The average molecular weight is 1350 g/mol. The quantitative estimate of drug-likeness (QED) is 0.0173. The minimum Gasteiger partial charge on any atom is -0.370 e. The molecule has 2 aromatic carbocycles. The molecule has 0 spiro atoms.